The summed E-state index contributed by atoms with van der Waals surface area (Å²) in [6, 6.07) is 23.2. The van der Waals surface area contributed by atoms with Crippen molar-refractivity contribution in [2.45, 2.75) is 17.7 Å². The summed E-state index contributed by atoms with van der Waals surface area (Å²) >= 11 is 1.72. The molecule has 5 heteroatoms. The Morgan fingerprint density at radius 2 is 1.68 bits per heavy atom. The van der Waals surface area contributed by atoms with Gasteiger partial charge in [-0.3, -0.25) is 0 Å². The smallest absolute Gasteiger partial charge is 0.167 e. The highest BCUT2D eigenvalue weighted by Gasteiger charge is 2.12. The minimum atomic E-state index is 0.833. The Hall–Kier alpha value is -3.18. The van der Waals surface area contributed by atoms with Gasteiger partial charge in [0.25, 0.3) is 0 Å². The van der Waals surface area contributed by atoms with Gasteiger partial charge in [0.05, 0.1) is 17.3 Å². The molecule has 3 aromatic carbocycles. The van der Waals surface area contributed by atoms with Gasteiger partial charge in [-0.1, -0.05) is 60.2 Å². The highest BCUT2D eigenvalue weighted by Crippen LogP contribution is 2.30. The van der Waals surface area contributed by atoms with Crippen LogP contribution in [0, 0.1) is 6.92 Å². The quantitative estimate of drug-likeness (QED) is 0.301. The molecule has 0 amide bonds. The number of hydrogen-bond donors (Lipinski definition) is 0. The zero-order chi connectivity index (χ0) is 18.9. The highest BCUT2D eigenvalue weighted by atomic mass is 32.2. The second-order valence-electron chi connectivity index (χ2n) is 6.73. The molecule has 0 aliphatic carbocycles. The van der Waals surface area contributed by atoms with Gasteiger partial charge in [-0.25, -0.2) is 14.6 Å². The molecule has 0 bridgehead atoms. The van der Waals surface area contributed by atoms with Crippen molar-refractivity contribution in [1.29, 1.82) is 0 Å². The molecule has 136 valence electrons. The highest BCUT2D eigenvalue weighted by molar-refractivity contribution is 7.98. The van der Waals surface area contributed by atoms with Crippen molar-refractivity contribution in [3.05, 3.63) is 90.4 Å². The monoisotopic (exact) mass is 382 g/mol. The third kappa shape index (κ3) is 3.04. The van der Waals surface area contributed by atoms with E-state index in [-0.39, 0.29) is 0 Å². The largest absolute Gasteiger partial charge is 0.229 e. The van der Waals surface area contributed by atoms with Gasteiger partial charge >= 0.3 is 0 Å². The van der Waals surface area contributed by atoms with Gasteiger partial charge in [-0.15, -0.1) is 11.8 Å². The molecule has 0 saturated carbocycles. The molecule has 0 N–H and O–H groups in total. The normalized spacial score (nSPS) is 11.3. The van der Waals surface area contributed by atoms with Crippen LogP contribution in [0.15, 0.2) is 84.3 Å². The zero-order valence-corrected chi connectivity index (χ0v) is 16.2. The van der Waals surface area contributed by atoms with E-state index in [0.717, 1.165) is 27.5 Å². The van der Waals surface area contributed by atoms with E-state index in [0.29, 0.717) is 0 Å². The Kier molecular flexibility index (Phi) is 4.29. The van der Waals surface area contributed by atoms with Crippen molar-refractivity contribution >= 4 is 33.6 Å². The number of hydrogen-bond acceptors (Lipinski definition) is 4. The summed E-state index contributed by atoms with van der Waals surface area (Å²) in [7, 11) is 0. The lowest BCUT2D eigenvalue weighted by Gasteiger charge is -2.07. The van der Waals surface area contributed by atoms with E-state index in [9.17, 15) is 0 Å². The molecule has 0 saturated heterocycles. The van der Waals surface area contributed by atoms with Gasteiger partial charge in [0.15, 0.2) is 5.65 Å². The second kappa shape index (κ2) is 7.09. The molecular weight excluding hydrogens is 364 g/mol. The Morgan fingerprint density at radius 1 is 0.857 bits per heavy atom. The molecule has 5 rings (SSSR count). The minimum absolute atomic E-state index is 0.833. The maximum atomic E-state index is 4.56. The van der Waals surface area contributed by atoms with E-state index < -0.39 is 0 Å². The van der Waals surface area contributed by atoms with E-state index in [2.05, 4.69) is 88.7 Å². The first-order valence-electron chi connectivity index (χ1n) is 9.15. The number of fused-ring (bicyclic) bond motifs is 2. The fourth-order valence-electron chi connectivity index (χ4n) is 3.38. The van der Waals surface area contributed by atoms with Crippen LogP contribution in [0.2, 0.25) is 0 Å². The summed E-state index contributed by atoms with van der Waals surface area (Å²) in [5.41, 5.74) is 4.37. The van der Waals surface area contributed by atoms with Crippen LogP contribution in [0.3, 0.4) is 0 Å². The van der Waals surface area contributed by atoms with Crippen molar-refractivity contribution < 1.29 is 0 Å². The SMILES string of the molecule is Cc1ccc(-n2ncc3c(SCc4cccc5ccccc45)ncnc32)cc1. The van der Waals surface area contributed by atoms with E-state index >= 15 is 0 Å². The van der Waals surface area contributed by atoms with Crippen molar-refractivity contribution in [2.24, 2.45) is 0 Å². The summed E-state index contributed by atoms with van der Waals surface area (Å²) in [6.45, 7) is 2.08. The van der Waals surface area contributed by atoms with Gasteiger partial charge in [-0.05, 0) is 35.4 Å². The molecule has 5 aromatic rings. The lowest BCUT2D eigenvalue weighted by Crippen LogP contribution is -1.98. The van der Waals surface area contributed by atoms with Crippen LogP contribution < -0.4 is 0 Å². The molecule has 0 spiro atoms. The average molecular weight is 382 g/mol. The molecule has 2 aromatic heterocycles. The zero-order valence-electron chi connectivity index (χ0n) is 15.4. The lowest BCUT2D eigenvalue weighted by molar-refractivity contribution is 0.893. The van der Waals surface area contributed by atoms with E-state index in [1.807, 2.05) is 10.9 Å². The van der Waals surface area contributed by atoms with Gasteiger partial charge in [0.1, 0.15) is 11.4 Å². The van der Waals surface area contributed by atoms with Crippen LogP contribution in [0.1, 0.15) is 11.1 Å². The molecular formula is C23H18N4S. The summed E-state index contributed by atoms with van der Waals surface area (Å²) in [5, 5.41) is 9.05. The van der Waals surface area contributed by atoms with Crippen LogP contribution in [-0.2, 0) is 5.75 Å². The third-order valence-corrected chi connectivity index (χ3v) is 5.91. The summed E-state index contributed by atoms with van der Waals surface area (Å²) in [5.74, 6) is 0.850. The van der Waals surface area contributed by atoms with Crippen molar-refractivity contribution in [1.82, 2.24) is 19.7 Å². The summed E-state index contributed by atoms with van der Waals surface area (Å²) < 4.78 is 1.87. The Morgan fingerprint density at radius 3 is 2.57 bits per heavy atom. The molecule has 0 aliphatic heterocycles. The van der Waals surface area contributed by atoms with Crippen LogP contribution in [0.4, 0.5) is 0 Å². The fraction of sp³-hybridized carbons (Fsp3) is 0.0870. The first-order chi connectivity index (χ1) is 13.8. The molecule has 0 unspecified atom stereocenters. The maximum Gasteiger partial charge on any atom is 0.167 e. The number of benzene rings is 3. The predicted molar refractivity (Wildman–Crippen MR) is 115 cm³/mol. The number of aryl methyl sites for hydroxylation is 1. The molecule has 0 atom stereocenters. The number of thioether (sulfide) groups is 1. The van der Waals surface area contributed by atoms with E-state index in [4.69, 9.17) is 0 Å². The van der Waals surface area contributed by atoms with Crippen molar-refractivity contribution in [3.63, 3.8) is 0 Å². The second-order valence-corrected chi connectivity index (χ2v) is 7.70. The van der Waals surface area contributed by atoms with Crippen molar-refractivity contribution in [2.75, 3.05) is 0 Å². The van der Waals surface area contributed by atoms with E-state index in [1.165, 1.54) is 21.9 Å². The Labute approximate surface area is 167 Å². The van der Waals surface area contributed by atoms with Gasteiger partial charge in [-0.2, -0.15) is 5.10 Å². The Bertz CT molecular complexity index is 1270. The molecule has 4 nitrogen and oxygen atoms in total. The molecule has 28 heavy (non-hydrogen) atoms. The van der Waals surface area contributed by atoms with Crippen LogP contribution in [0.25, 0.3) is 27.5 Å². The predicted octanol–water partition coefficient (Wildman–Crippen LogP) is 5.57. The van der Waals surface area contributed by atoms with Crippen LogP contribution >= 0.6 is 11.8 Å². The summed E-state index contributed by atoms with van der Waals surface area (Å²) in [4.78, 5) is 9.00. The maximum absolute atomic E-state index is 4.56. The fourth-order valence-corrected chi connectivity index (χ4v) is 4.34. The molecule has 2 heterocycles. The lowest BCUT2D eigenvalue weighted by atomic mass is 10.1. The average Bonchev–Trinajstić information content (AvgIpc) is 3.17. The van der Waals surface area contributed by atoms with Crippen molar-refractivity contribution in [3.8, 4) is 5.69 Å². The number of aromatic nitrogens is 4. The first kappa shape index (κ1) is 17.0. The molecule has 0 radical (unpaired) electrons. The van der Waals surface area contributed by atoms with Gasteiger partial charge in [0.2, 0.25) is 0 Å². The summed E-state index contributed by atoms with van der Waals surface area (Å²) in [6.07, 6.45) is 3.49. The number of nitrogens with zero attached hydrogens (tertiary/aromatic N) is 4. The van der Waals surface area contributed by atoms with Crippen LogP contribution in [0.5, 0.6) is 0 Å². The molecule has 0 aliphatic rings. The van der Waals surface area contributed by atoms with Crippen LogP contribution in [-0.4, -0.2) is 19.7 Å². The number of rotatable bonds is 4. The third-order valence-electron chi connectivity index (χ3n) is 4.85. The molecule has 0 fully saturated rings. The first-order valence-corrected chi connectivity index (χ1v) is 10.1. The Balaban J connectivity index is 1.49. The van der Waals surface area contributed by atoms with E-state index in [1.54, 1.807) is 18.1 Å². The van der Waals surface area contributed by atoms with Gasteiger partial charge < -0.3 is 0 Å². The minimum Gasteiger partial charge on any atom is -0.229 e. The topological polar surface area (TPSA) is 43.6 Å². The van der Waals surface area contributed by atoms with Gasteiger partial charge in [0, 0.05) is 5.75 Å². The standard InChI is InChI=1S/C23H18N4S/c1-16-9-11-19(12-10-16)27-22-21(13-26-27)23(25-15-24-22)28-14-18-7-4-6-17-5-2-3-8-20(17)18/h2-13,15H,14H2,1H3.